The van der Waals surface area contributed by atoms with E-state index in [0.717, 1.165) is 0 Å². The first-order valence-electron chi connectivity index (χ1n) is 3.21. The molecular formula is C5H8BrN3O2S. The van der Waals surface area contributed by atoms with Crippen LogP contribution < -0.4 is 5.14 Å². The van der Waals surface area contributed by atoms with Crippen molar-refractivity contribution in [2.24, 2.45) is 5.14 Å². The summed E-state index contributed by atoms with van der Waals surface area (Å²) in [7, 11) is -3.65. The SMILES string of the molecule is CCn1nc(Br)cc1S(N)(=O)=O. The van der Waals surface area contributed by atoms with Gasteiger partial charge < -0.3 is 0 Å². The van der Waals surface area contributed by atoms with Crippen molar-refractivity contribution in [3.63, 3.8) is 0 Å². The molecule has 0 spiro atoms. The monoisotopic (exact) mass is 253 g/mol. The van der Waals surface area contributed by atoms with Crippen molar-refractivity contribution in [3.8, 4) is 0 Å². The van der Waals surface area contributed by atoms with E-state index in [-0.39, 0.29) is 5.03 Å². The molecule has 0 aliphatic heterocycles. The van der Waals surface area contributed by atoms with E-state index in [1.165, 1.54) is 10.7 Å². The van der Waals surface area contributed by atoms with Gasteiger partial charge in [0.25, 0.3) is 10.0 Å². The van der Waals surface area contributed by atoms with Crippen molar-refractivity contribution in [2.75, 3.05) is 0 Å². The molecule has 1 rings (SSSR count). The molecule has 0 saturated carbocycles. The normalized spacial score (nSPS) is 11.9. The molecule has 0 bridgehead atoms. The van der Waals surface area contributed by atoms with Gasteiger partial charge >= 0.3 is 0 Å². The summed E-state index contributed by atoms with van der Waals surface area (Å²) < 4.78 is 23.6. The van der Waals surface area contributed by atoms with Crippen molar-refractivity contribution in [3.05, 3.63) is 10.7 Å². The Bertz CT molecular complexity index is 383. The van der Waals surface area contributed by atoms with Gasteiger partial charge in [-0.1, -0.05) is 0 Å². The molecule has 0 atom stereocenters. The molecule has 0 aliphatic rings. The lowest BCUT2D eigenvalue weighted by atomic mass is 10.7. The van der Waals surface area contributed by atoms with Crippen LogP contribution in [0.2, 0.25) is 0 Å². The van der Waals surface area contributed by atoms with Crippen LogP contribution in [0.3, 0.4) is 0 Å². The Balaban J connectivity index is 3.33. The van der Waals surface area contributed by atoms with Crippen LogP contribution in [0, 0.1) is 0 Å². The molecule has 0 radical (unpaired) electrons. The van der Waals surface area contributed by atoms with E-state index in [1.54, 1.807) is 6.92 Å². The molecule has 0 fully saturated rings. The molecule has 1 heterocycles. The topological polar surface area (TPSA) is 78.0 Å². The van der Waals surface area contributed by atoms with E-state index < -0.39 is 10.0 Å². The number of aromatic nitrogens is 2. The number of nitrogens with zero attached hydrogens (tertiary/aromatic N) is 2. The Morgan fingerprint density at radius 3 is 2.67 bits per heavy atom. The van der Waals surface area contributed by atoms with Gasteiger partial charge in [-0.15, -0.1) is 0 Å². The van der Waals surface area contributed by atoms with Crippen LogP contribution in [-0.2, 0) is 16.6 Å². The lowest BCUT2D eigenvalue weighted by molar-refractivity contribution is 0.554. The van der Waals surface area contributed by atoms with Gasteiger partial charge in [-0.05, 0) is 22.9 Å². The first kappa shape index (κ1) is 9.69. The largest absolute Gasteiger partial charge is 0.255 e. The Morgan fingerprint density at radius 1 is 1.75 bits per heavy atom. The minimum atomic E-state index is -3.65. The van der Waals surface area contributed by atoms with Crippen LogP contribution in [0.4, 0.5) is 0 Å². The number of halogens is 1. The maximum atomic E-state index is 10.9. The Labute approximate surface area is 78.7 Å². The fraction of sp³-hybridized carbons (Fsp3) is 0.400. The number of primary sulfonamides is 1. The summed E-state index contributed by atoms with van der Waals surface area (Å²) in [6, 6.07) is 1.37. The molecule has 5 nitrogen and oxygen atoms in total. The van der Waals surface area contributed by atoms with Gasteiger partial charge in [0, 0.05) is 12.6 Å². The molecule has 12 heavy (non-hydrogen) atoms. The molecule has 0 unspecified atom stereocenters. The van der Waals surface area contributed by atoms with Gasteiger partial charge in [0.15, 0.2) is 5.03 Å². The summed E-state index contributed by atoms with van der Waals surface area (Å²) in [6.07, 6.45) is 0. The van der Waals surface area contributed by atoms with E-state index in [4.69, 9.17) is 5.14 Å². The zero-order valence-electron chi connectivity index (χ0n) is 6.36. The van der Waals surface area contributed by atoms with Crippen LogP contribution in [0.15, 0.2) is 15.7 Å². The zero-order valence-corrected chi connectivity index (χ0v) is 8.76. The highest BCUT2D eigenvalue weighted by atomic mass is 79.9. The van der Waals surface area contributed by atoms with E-state index in [0.29, 0.717) is 11.1 Å². The smallest absolute Gasteiger partial charge is 0.252 e. The Morgan fingerprint density at radius 2 is 2.33 bits per heavy atom. The van der Waals surface area contributed by atoms with Gasteiger partial charge in [-0.3, -0.25) is 4.68 Å². The highest BCUT2D eigenvalue weighted by Gasteiger charge is 2.15. The van der Waals surface area contributed by atoms with Crippen molar-refractivity contribution in [2.45, 2.75) is 18.5 Å². The summed E-state index contributed by atoms with van der Waals surface area (Å²) in [5.41, 5.74) is 0. The molecule has 1 aromatic heterocycles. The molecule has 0 saturated heterocycles. The molecule has 68 valence electrons. The quantitative estimate of drug-likeness (QED) is 0.825. The highest BCUT2D eigenvalue weighted by molar-refractivity contribution is 9.10. The molecule has 0 amide bonds. The summed E-state index contributed by atoms with van der Waals surface area (Å²) in [5.74, 6) is 0. The van der Waals surface area contributed by atoms with E-state index >= 15 is 0 Å². The second-order valence-corrected chi connectivity index (χ2v) is 4.49. The predicted molar refractivity (Wildman–Crippen MR) is 47.0 cm³/mol. The first-order valence-corrected chi connectivity index (χ1v) is 5.55. The Kier molecular flexibility index (Phi) is 2.55. The predicted octanol–water partition coefficient (Wildman–Crippen LogP) is 0.313. The van der Waals surface area contributed by atoms with Gasteiger partial charge in [0.2, 0.25) is 0 Å². The van der Waals surface area contributed by atoms with Crippen LogP contribution >= 0.6 is 15.9 Å². The van der Waals surface area contributed by atoms with Gasteiger partial charge in [-0.25, -0.2) is 13.6 Å². The molecule has 2 N–H and O–H groups in total. The third kappa shape index (κ3) is 1.85. The van der Waals surface area contributed by atoms with E-state index in [1.807, 2.05) is 0 Å². The van der Waals surface area contributed by atoms with Gasteiger partial charge in [0.1, 0.15) is 4.60 Å². The number of hydrogen-bond acceptors (Lipinski definition) is 3. The number of hydrogen-bond donors (Lipinski definition) is 1. The number of rotatable bonds is 2. The summed E-state index contributed by atoms with van der Waals surface area (Å²) in [4.78, 5) is 0. The second kappa shape index (κ2) is 3.15. The maximum Gasteiger partial charge on any atom is 0.255 e. The lowest BCUT2D eigenvalue weighted by Crippen LogP contribution is -2.17. The van der Waals surface area contributed by atoms with Gasteiger partial charge in [-0.2, -0.15) is 5.10 Å². The minimum Gasteiger partial charge on any atom is -0.252 e. The first-order chi connectivity index (χ1) is 5.45. The molecule has 0 aliphatic carbocycles. The van der Waals surface area contributed by atoms with Crippen LogP contribution in [-0.4, -0.2) is 18.2 Å². The lowest BCUT2D eigenvalue weighted by Gasteiger charge is -1.99. The zero-order chi connectivity index (χ0) is 9.35. The molecule has 0 aromatic carbocycles. The highest BCUT2D eigenvalue weighted by Crippen LogP contribution is 2.13. The summed E-state index contributed by atoms with van der Waals surface area (Å²) >= 11 is 3.06. The fourth-order valence-corrected chi connectivity index (χ4v) is 2.12. The van der Waals surface area contributed by atoms with Crippen LogP contribution in [0.5, 0.6) is 0 Å². The van der Waals surface area contributed by atoms with Crippen molar-refractivity contribution in [1.29, 1.82) is 0 Å². The standard InChI is InChI=1S/C5H8BrN3O2S/c1-2-9-5(12(7,10)11)3-4(6)8-9/h3H,2H2,1H3,(H2,7,10,11). The van der Waals surface area contributed by atoms with Crippen LogP contribution in [0.25, 0.3) is 0 Å². The second-order valence-electron chi connectivity index (χ2n) is 2.17. The third-order valence-corrected chi connectivity index (χ3v) is 2.60. The minimum absolute atomic E-state index is 0.0249. The molecular weight excluding hydrogens is 246 g/mol. The molecule has 1 aromatic rings. The third-order valence-electron chi connectivity index (χ3n) is 1.30. The fourth-order valence-electron chi connectivity index (χ4n) is 0.825. The summed E-state index contributed by atoms with van der Waals surface area (Å²) in [6.45, 7) is 2.26. The maximum absolute atomic E-state index is 10.9. The Hall–Kier alpha value is -0.400. The van der Waals surface area contributed by atoms with E-state index in [9.17, 15) is 8.42 Å². The number of sulfonamides is 1. The van der Waals surface area contributed by atoms with Crippen molar-refractivity contribution >= 4 is 26.0 Å². The van der Waals surface area contributed by atoms with Crippen molar-refractivity contribution in [1.82, 2.24) is 9.78 Å². The average Bonchev–Trinajstić information content (AvgIpc) is 2.29. The number of nitrogens with two attached hydrogens (primary N) is 1. The van der Waals surface area contributed by atoms with E-state index in [2.05, 4.69) is 21.0 Å². The van der Waals surface area contributed by atoms with Gasteiger partial charge in [0.05, 0.1) is 0 Å². The van der Waals surface area contributed by atoms with Crippen LogP contribution in [0.1, 0.15) is 6.92 Å². The summed E-state index contributed by atoms with van der Waals surface area (Å²) in [5, 5.41) is 8.83. The number of aryl methyl sites for hydroxylation is 1. The average molecular weight is 254 g/mol. The molecule has 7 heteroatoms. The van der Waals surface area contributed by atoms with Crippen molar-refractivity contribution < 1.29 is 8.42 Å².